The van der Waals surface area contributed by atoms with Crippen LogP contribution in [0.15, 0.2) is 54.6 Å². The zero-order valence-corrected chi connectivity index (χ0v) is 32.8. The molecule has 2 aromatic carbocycles. The molecule has 0 amide bonds. The second kappa shape index (κ2) is 15.1. The van der Waals surface area contributed by atoms with Gasteiger partial charge in [-0.15, -0.1) is 0 Å². The van der Waals surface area contributed by atoms with Crippen molar-refractivity contribution in [3.8, 4) is 40.0 Å². The van der Waals surface area contributed by atoms with Crippen LogP contribution in [0.1, 0.15) is 85.8 Å². The summed E-state index contributed by atoms with van der Waals surface area (Å²) in [6.45, 7) is 2.73. The van der Waals surface area contributed by atoms with Gasteiger partial charge in [-0.2, -0.15) is 18.2 Å². The molecule has 4 aromatic rings. The number of aromatic nitrogens is 2. The van der Waals surface area contributed by atoms with Crippen LogP contribution in [0.5, 0.6) is 17.6 Å². The summed E-state index contributed by atoms with van der Waals surface area (Å²) in [5.74, 6) is -0.943. The molecule has 4 heterocycles. The quantitative estimate of drug-likeness (QED) is 0.129. The Balaban J connectivity index is 1.05. The highest BCUT2D eigenvalue weighted by Crippen LogP contribution is 2.48. The molecule has 2 aliphatic heterocycles. The van der Waals surface area contributed by atoms with Gasteiger partial charge >= 0.3 is 12.1 Å². The van der Waals surface area contributed by atoms with Crippen molar-refractivity contribution >= 4 is 17.6 Å². The van der Waals surface area contributed by atoms with Gasteiger partial charge in [0, 0.05) is 54.0 Å². The first-order valence-corrected chi connectivity index (χ1v) is 19.8. The van der Waals surface area contributed by atoms with Crippen LogP contribution in [0.2, 0.25) is 5.02 Å². The predicted molar refractivity (Wildman–Crippen MR) is 207 cm³/mol. The molecule has 2 bridgehead atoms. The number of pyridine rings is 2. The van der Waals surface area contributed by atoms with Gasteiger partial charge in [0.25, 0.3) is 0 Å². The summed E-state index contributed by atoms with van der Waals surface area (Å²) in [7, 11) is 2.93. The molecule has 2 saturated heterocycles. The second-order valence-electron chi connectivity index (χ2n) is 16.3. The molecular formula is C43H46ClF3N4O6. The number of carboxylic acid groups (broad SMARTS) is 1. The average Bonchev–Trinajstić information content (AvgIpc) is 3.59. The lowest BCUT2D eigenvalue weighted by Gasteiger charge is -2.50. The number of nitrogens with one attached hydrogen (secondary N) is 1. The molecule has 2 saturated carbocycles. The van der Waals surface area contributed by atoms with Gasteiger partial charge in [0.05, 0.1) is 36.0 Å². The normalized spacial score (nSPS) is 25.5. The monoisotopic (exact) mass is 806 g/mol. The molecule has 9 rings (SSSR count). The van der Waals surface area contributed by atoms with Crippen LogP contribution >= 0.6 is 11.6 Å². The number of benzene rings is 2. The van der Waals surface area contributed by atoms with Crippen molar-refractivity contribution in [3.05, 3.63) is 87.4 Å². The molecule has 3 aliphatic carbocycles. The standard InChI is InChI=1S/C43H46ClF3N4O6/c1-41(54)19-26(20-41)48-21-24-10-12-34(49-37(24)55-2)32-9-5-8-31(36(32)44)28-6-4-7-30-29(28)11-13-35(30)57-39-33(43(45,46)47)18-25(38(50-39)56-3)22-51-23-42(40(52)53)16-14-27(51)15-17-42/h4-10,12,18,26-27,35,48,54H,11,13-17,19-23H2,1-3H3,(H,52,53)/t26?,27?,35-,41?,42?/m0/s1. The molecular weight excluding hydrogens is 761 g/mol. The van der Waals surface area contributed by atoms with Crippen LogP contribution < -0.4 is 19.5 Å². The number of methoxy groups -OCH3 is 2. The fourth-order valence-electron chi connectivity index (χ4n) is 9.38. The molecule has 57 heavy (non-hydrogen) atoms. The number of ether oxygens (including phenoxy) is 3. The minimum Gasteiger partial charge on any atom is -0.481 e. The third kappa shape index (κ3) is 7.55. The van der Waals surface area contributed by atoms with Gasteiger partial charge in [-0.25, -0.2) is 4.98 Å². The molecule has 0 spiro atoms. The Labute approximate surface area is 334 Å². The number of halogens is 4. The van der Waals surface area contributed by atoms with Crippen LogP contribution in [0.25, 0.3) is 22.4 Å². The Hall–Kier alpha value is -4.43. The van der Waals surface area contributed by atoms with Gasteiger partial charge in [-0.1, -0.05) is 54.1 Å². The SMILES string of the molecule is COc1nc(-c2cccc(-c3cccc4c3CC[C@@H]4Oc3nc(OC)c(CN4CC5(C(=O)O)CCC4CC5)cc3C(F)(F)F)c2Cl)ccc1CNC1CC(C)(O)C1. The van der Waals surface area contributed by atoms with Gasteiger partial charge < -0.3 is 29.7 Å². The maximum Gasteiger partial charge on any atom is 0.421 e. The van der Waals surface area contributed by atoms with E-state index < -0.39 is 40.7 Å². The van der Waals surface area contributed by atoms with E-state index in [1.165, 1.54) is 7.11 Å². The van der Waals surface area contributed by atoms with Crippen LogP contribution in [0, 0.1) is 5.41 Å². The molecule has 3 N–H and O–H groups in total. The lowest BCUT2D eigenvalue weighted by molar-refractivity contribution is -0.159. The van der Waals surface area contributed by atoms with E-state index in [4.69, 9.17) is 30.8 Å². The van der Waals surface area contributed by atoms with Gasteiger partial charge in [-0.05, 0) is 87.1 Å². The molecule has 10 nitrogen and oxygen atoms in total. The number of nitrogens with zero attached hydrogens (tertiary/aromatic N) is 3. The number of hydrogen-bond acceptors (Lipinski definition) is 9. The minimum absolute atomic E-state index is 0.0153. The van der Waals surface area contributed by atoms with E-state index in [9.17, 15) is 28.2 Å². The molecule has 14 heteroatoms. The lowest BCUT2D eigenvalue weighted by Crippen LogP contribution is -2.56. The van der Waals surface area contributed by atoms with Crippen molar-refractivity contribution in [2.75, 3.05) is 20.8 Å². The van der Waals surface area contributed by atoms with Crippen molar-refractivity contribution in [2.24, 2.45) is 5.41 Å². The van der Waals surface area contributed by atoms with E-state index in [0.717, 1.165) is 33.9 Å². The molecule has 2 aromatic heterocycles. The number of aliphatic carboxylic acids is 1. The topological polar surface area (TPSA) is 126 Å². The highest BCUT2D eigenvalue weighted by molar-refractivity contribution is 6.36. The zero-order valence-electron chi connectivity index (χ0n) is 32.1. The first kappa shape index (κ1) is 39.4. The fraction of sp³-hybridized carbons (Fsp3) is 0.465. The van der Waals surface area contributed by atoms with Crippen molar-refractivity contribution in [1.29, 1.82) is 0 Å². The van der Waals surface area contributed by atoms with Gasteiger partial charge in [-0.3, -0.25) is 9.69 Å². The second-order valence-corrected chi connectivity index (χ2v) is 16.6. The number of piperidine rings is 2. The first-order chi connectivity index (χ1) is 27.2. The van der Waals surface area contributed by atoms with E-state index in [2.05, 4.69) is 10.3 Å². The van der Waals surface area contributed by atoms with Gasteiger partial charge in [0.2, 0.25) is 17.6 Å². The largest absolute Gasteiger partial charge is 0.481 e. The van der Waals surface area contributed by atoms with Crippen LogP contribution in [-0.2, 0) is 30.5 Å². The van der Waals surface area contributed by atoms with Crippen molar-refractivity contribution in [1.82, 2.24) is 20.2 Å². The maximum absolute atomic E-state index is 14.7. The van der Waals surface area contributed by atoms with E-state index in [0.29, 0.717) is 80.1 Å². The van der Waals surface area contributed by atoms with E-state index in [1.807, 2.05) is 60.4 Å². The van der Waals surface area contributed by atoms with Crippen molar-refractivity contribution in [3.63, 3.8) is 0 Å². The number of carboxylic acids is 1. The fourth-order valence-corrected chi connectivity index (χ4v) is 9.71. The van der Waals surface area contributed by atoms with Crippen molar-refractivity contribution < 1.29 is 42.4 Å². The van der Waals surface area contributed by atoms with Crippen LogP contribution in [-0.4, -0.2) is 69.5 Å². The average molecular weight is 807 g/mol. The molecule has 302 valence electrons. The van der Waals surface area contributed by atoms with E-state index in [1.54, 1.807) is 7.11 Å². The van der Waals surface area contributed by atoms with E-state index >= 15 is 0 Å². The van der Waals surface area contributed by atoms with Crippen molar-refractivity contribution in [2.45, 2.75) is 101 Å². The smallest absolute Gasteiger partial charge is 0.421 e. The summed E-state index contributed by atoms with van der Waals surface area (Å²) in [5, 5.41) is 24.0. The van der Waals surface area contributed by atoms with Gasteiger partial charge in [0.1, 0.15) is 11.7 Å². The Morgan fingerprint density at radius 2 is 1.63 bits per heavy atom. The summed E-state index contributed by atoms with van der Waals surface area (Å²) in [5.41, 5.74) is 3.20. The summed E-state index contributed by atoms with van der Waals surface area (Å²) in [6.07, 6.45) is -0.662. The Morgan fingerprint density at radius 3 is 2.32 bits per heavy atom. The summed E-state index contributed by atoms with van der Waals surface area (Å²) in [6, 6.07) is 16.6. The zero-order chi connectivity index (χ0) is 40.3. The maximum atomic E-state index is 14.7. The highest BCUT2D eigenvalue weighted by atomic mass is 35.5. The Bertz CT molecular complexity index is 2180. The third-order valence-corrected chi connectivity index (χ3v) is 12.8. The predicted octanol–water partition coefficient (Wildman–Crippen LogP) is 8.40. The number of alkyl halides is 3. The van der Waals surface area contributed by atoms with Crippen LogP contribution in [0.3, 0.4) is 0 Å². The Morgan fingerprint density at radius 1 is 0.947 bits per heavy atom. The third-order valence-electron chi connectivity index (χ3n) is 12.4. The molecule has 0 radical (unpaired) electrons. The first-order valence-electron chi connectivity index (χ1n) is 19.4. The lowest BCUT2D eigenvalue weighted by atomic mass is 9.67. The highest BCUT2D eigenvalue weighted by Gasteiger charge is 2.50. The number of hydrogen-bond donors (Lipinski definition) is 3. The minimum atomic E-state index is -4.77. The molecule has 5 aliphatic rings. The Kier molecular flexibility index (Phi) is 10.4. The molecule has 1 atom stereocenters. The molecule has 4 fully saturated rings. The summed E-state index contributed by atoms with van der Waals surface area (Å²) < 4.78 is 61.5. The summed E-state index contributed by atoms with van der Waals surface area (Å²) in [4.78, 5) is 23.2. The van der Waals surface area contributed by atoms with Gasteiger partial charge in [0.15, 0.2) is 0 Å². The number of fused-ring (bicyclic) bond motifs is 4. The van der Waals surface area contributed by atoms with E-state index in [-0.39, 0.29) is 36.6 Å². The number of carbonyl (C=O) groups is 1. The summed E-state index contributed by atoms with van der Waals surface area (Å²) >= 11 is 7.14. The number of aliphatic hydroxyl groups is 1. The number of rotatable bonds is 12. The molecule has 0 unspecified atom stereocenters. The van der Waals surface area contributed by atoms with Crippen LogP contribution in [0.4, 0.5) is 13.2 Å².